The summed E-state index contributed by atoms with van der Waals surface area (Å²) in [6.07, 6.45) is 4.14. The van der Waals surface area contributed by atoms with Gasteiger partial charge in [0.25, 0.3) is 0 Å². The predicted molar refractivity (Wildman–Crippen MR) is 103 cm³/mol. The van der Waals surface area contributed by atoms with E-state index in [1.807, 2.05) is 30.3 Å². The van der Waals surface area contributed by atoms with E-state index in [2.05, 4.69) is 23.0 Å². The van der Waals surface area contributed by atoms with Crippen molar-refractivity contribution in [2.24, 2.45) is 0 Å². The van der Waals surface area contributed by atoms with Gasteiger partial charge in [-0.1, -0.05) is 31.0 Å². The largest absolute Gasteiger partial charge is 0.476 e. The molecule has 1 aromatic carbocycles. The van der Waals surface area contributed by atoms with E-state index in [9.17, 15) is 14.4 Å². The number of carboxylic acids is 1. The number of hydrogen-bond donors (Lipinski definition) is 3. The first kappa shape index (κ1) is 20.7. The van der Waals surface area contributed by atoms with Gasteiger partial charge in [-0.2, -0.15) is 5.10 Å². The molecule has 1 heterocycles. The maximum Gasteiger partial charge on any atom is 0.356 e. The first-order valence-electron chi connectivity index (χ1n) is 8.72. The van der Waals surface area contributed by atoms with E-state index in [1.165, 1.54) is 13.0 Å². The van der Waals surface area contributed by atoms with Crippen molar-refractivity contribution in [1.82, 2.24) is 15.1 Å². The molecule has 7 nitrogen and oxygen atoms in total. The molecule has 1 fully saturated rings. The third kappa shape index (κ3) is 6.56. The number of aromatic carboxylic acids is 1. The van der Waals surface area contributed by atoms with Gasteiger partial charge in [-0.15, -0.1) is 12.6 Å². The van der Waals surface area contributed by atoms with Crippen LogP contribution in [0.2, 0.25) is 0 Å². The number of hydrogen-bond acceptors (Lipinski definition) is 5. The van der Waals surface area contributed by atoms with Gasteiger partial charge in [0.2, 0.25) is 5.91 Å². The molecular weight excluding hydrogens is 366 g/mol. The highest BCUT2D eigenvalue weighted by Crippen LogP contribution is 2.17. The monoisotopic (exact) mass is 389 g/mol. The highest BCUT2D eigenvalue weighted by atomic mass is 32.1. The second-order valence-corrected chi connectivity index (χ2v) is 6.83. The fourth-order valence-corrected chi connectivity index (χ4v) is 3.00. The highest BCUT2D eigenvalue weighted by molar-refractivity contribution is 7.80. The zero-order valence-corrected chi connectivity index (χ0v) is 16.0. The van der Waals surface area contributed by atoms with Crippen LogP contribution in [0.3, 0.4) is 0 Å². The zero-order valence-electron chi connectivity index (χ0n) is 15.1. The summed E-state index contributed by atoms with van der Waals surface area (Å²) >= 11 is 4.08. The molecule has 1 amide bonds. The number of benzene rings is 1. The van der Waals surface area contributed by atoms with Crippen LogP contribution in [-0.2, 0) is 11.3 Å². The average molecular weight is 389 g/mol. The van der Waals surface area contributed by atoms with Crippen LogP contribution in [-0.4, -0.2) is 38.6 Å². The lowest BCUT2D eigenvalue weighted by Crippen LogP contribution is -2.35. The minimum Gasteiger partial charge on any atom is -0.476 e. The Kier molecular flexibility index (Phi) is 7.60. The molecule has 3 rings (SSSR count). The lowest BCUT2D eigenvalue weighted by molar-refractivity contribution is -0.122. The Balaban J connectivity index is 0.000000313. The van der Waals surface area contributed by atoms with Gasteiger partial charge >= 0.3 is 5.97 Å². The number of carbonyl (C=O) groups is 3. The summed E-state index contributed by atoms with van der Waals surface area (Å²) in [6.45, 7) is 1.17. The van der Waals surface area contributed by atoms with Crippen molar-refractivity contribution in [1.29, 1.82) is 0 Å². The van der Waals surface area contributed by atoms with Crippen LogP contribution in [0.15, 0.2) is 41.3 Å². The Hall–Kier alpha value is -2.61. The minimum absolute atomic E-state index is 0.129. The SMILES string of the molecule is CC(=O)c1cc(C(=O)O)nn1CC(=O)NC1CCCC1.Sc1ccccc1. The molecule has 0 saturated heterocycles. The molecule has 0 bridgehead atoms. The standard InChI is InChI=1S/C13H17N3O4.C6H6S/c1-8(17)11-6-10(13(19)20)15-16(11)7-12(18)14-9-4-2-3-5-9;7-6-4-2-1-3-5-6/h6,9H,2-5,7H2,1H3,(H,14,18)(H,19,20);1-5,7H. The highest BCUT2D eigenvalue weighted by Gasteiger charge is 2.20. The maximum atomic E-state index is 11.9. The quantitative estimate of drug-likeness (QED) is 0.539. The van der Waals surface area contributed by atoms with Gasteiger partial charge in [-0.25, -0.2) is 4.79 Å². The van der Waals surface area contributed by atoms with Crippen LogP contribution in [0.5, 0.6) is 0 Å². The van der Waals surface area contributed by atoms with Crippen molar-refractivity contribution in [2.75, 3.05) is 0 Å². The lowest BCUT2D eigenvalue weighted by atomic mass is 10.2. The molecule has 2 aromatic rings. The van der Waals surface area contributed by atoms with Crippen molar-refractivity contribution < 1.29 is 19.5 Å². The van der Waals surface area contributed by atoms with Crippen molar-refractivity contribution in [3.63, 3.8) is 0 Å². The molecule has 8 heteroatoms. The van der Waals surface area contributed by atoms with Gasteiger partial charge in [0, 0.05) is 23.9 Å². The lowest BCUT2D eigenvalue weighted by Gasteiger charge is -2.12. The Labute approximate surface area is 163 Å². The summed E-state index contributed by atoms with van der Waals surface area (Å²) in [7, 11) is 0. The summed E-state index contributed by atoms with van der Waals surface area (Å²) in [5, 5.41) is 15.5. The van der Waals surface area contributed by atoms with Gasteiger partial charge < -0.3 is 10.4 Å². The number of ketones is 1. The number of nitrogens with zero attached hydrogens (tertiary/aromatic N) is 2. The van der Waals surface area contributed by atoms with Crippen molar-refractivity contribution in [2.45, 2.75) is 50.1 Å². The maximum absolute atomic E-state index is 11.9. The predicted octanol–water partition coefficient (Wildman–Crippen LogP) is 2.82. The molecule has 0 atom stereocenters. The molecule has 1 saturated carbocycles. The molecule has 0 spiro atoms. The number of carbonyl (C=O) groups excluding carboxylic acids is 2. The molecule has 0 unspecified atom stereocenters. The first-order valence-corrected chi connectivity index (χ1v) is 9.17. The molecule has 1 aliphatic rings. The van der Waals surface area contributed by atoms with Crippen molar-refractivity contribution in [3.05, 3.63) is 47.8 Å². The second-order valence-electron chi connectivity index (χ2n) is 6.32. The van der Waals surface area contributed by atoms with Crippen molar-refractivity contribution >= 4 is 30.3 Å². The summed E-state index contributed by atoms with van der Waals surface area (Å²) in [5.74, 6) is -1.79. The normalized spacial score (nSPS) is 13.6. The summed E-state index contributed by atoms with van der Waals surface area (Å²) in [5.41, 5.74) is -0.104. The van der Waals surface area contributed by atoms with Gasteiger partial charge in [-0.05, 0) is 25.0 Å². The fraction of sp³-hybridized carbons (Fsp3) is 0.368. The van der Waals surface area contributed by atoms with E-state index >= 15 is 0 Å². The summed E-state index contributed by atoms with van der Waals surface area (Å²) < 4.78 is 1.15. The molecule has 27 heavy (non-hydrogen) atoms. The number of rotatable bonds is 5. The number of carboxylic acid groups (broad SMARTS) is 1. The number of Topliss-reactive ketones (excluding diaryl/α,β-unsaturated/α-hetero) is 1. The molecule has 2 N–H and O–H groups in total. The van der Waals surface area contributed by atoms with E-state index in [0.29, 0.717) is 0 Å². The number of aromatic nitrogens is 2. The van der Waals surface area contributed by atoms with Gasteiger partial charge in [0.05, 0.1) is 0 Å². The smallest absolute Gasteiger partial charge is 0.356 e. The fourth-order valence-electron chi connectivity index (χ4n) is 2.83. The minimum atomic E-state index is -1.22. The van der Waals surface area contributed by atoms with E-state index in [0.717, 1.165) is 35.3 Å². The van der Waals surface area contributed by atoms with Gasteiger partial charge in [0.1, 0.15) is 12.2 Å². The van der Waals surface area contributed by atoms with E-state index < -0.39 is 5.97 Å². The Morgan fingerprint density at radius 1 is 1.22 bits per heavy atom. The Bertz CT molecular complexity index is 799. The molecule has 144 valence electrons. The molecule has 1 aromatic heterocycles. The van der Waals surface area contributed by atoms with Crippen LogP contribution in [0.1, 0.15) is 53.6 Å². The number of thiol groups is 1. The van der Waals surface area contributed by atoms with E-state index in [4.69, 9.17) is 5.11 Å². The number of amides is 1. The first-order chi connectivity index (χ1) is 12.9. The van der Waals surface area contributed by atoms with Crippen LogP contribution >= 0.6 is 12.6 Å². The van der Waals surface area contributed by atoms with Crippen LogP contribution in [0, 0.1) is 0 Å². The van der Waals surface area contributed by atoms with Crippen molar-refractivity contribution in [3.8, 4) is 0 Å². The second kappa shape index (κ2) is 9.91. The molecule has 1 aliphatic carbocycles. The zero-order chi connectivity index (χ0) is 19.8. The molecule has 0 aliphatic heterocycles. The van der Waals surface area contributed by atoms with Crippen LogP contribution < -0.4 is 5.32 Å². The Morgan fingerprint density at radius 2 is 1.85 bits per heavy atom. The van der Waals surface area contributed by atoms with Crippen LogP contribution in [0.25, 0.3) is 0 Å². The van der Waals surface area contributed by atoms with E-state index in [1.54, 1.807) is 0 Å². The van der Waals surface area contributed by atoms with Gasteiger partial charge in [-0.3, -0.25) is 14.3 Å². The topological polar surface area (TPSA) is 101 Å². The molecular formula is C19H23N3O4S. The number of nitrogens with one attached hydrogen (secondary N) is 1. The summed E-state index contributed by atoms with van der Waals surface area (Å²) in [6, 6.07) is 11.2. The summed E-state index contributed by atoms with van der Waals surface area (Å²) in [4.78, 5) is 35.2. The van der Waals surface area contributed by atoms with E-state index in [-0.39, 0.29) is 35.7 Å². The molecule has 0 radical (unpaired) electrons. The van der Waals surface area contributed by atoms with Gasteiger partial charge in [0.15, 0.2) is 11.5 Å². The Morgan fingerprint density at radius 3 is 2.33 bits per heavy atom. The third-order valence-electron chi connectivity index (χ3n) is 4.13. The average Bonchev–Trinajstić information content (AvgIpc) is 3.26. The third-order valence-corrected chi connectivity index (χ3v) is 4.43. The van der Waals surface area contributed by atoms with Crippen LogP contribution in [0.4, 0.5) is 0 Å².